The van der Waals surface area contributed by atoms with E-state index in [1.165, 1.54) is 0 Å². The van der Waals surface area contributed by atoms with Gasteiger partial charge in [0.1, 0.15) is 0 Å². The first kappa shape index (κ1) is 13.5. The van der Waals surface area contributed by atoms with E-state index in [0.717, 1.165) is 16.8 Å². The van der Waals surface area contributed by atoms with E-state index in [-0.39, 0.29) is 5.91 Å². The molecule has 3 rings (SSSR count). The smallest absolute Gasteiger partial charge is 0.253 e. The molecule has 104 valence electrons. The number of amides is 1. The summed E-state index contributed by atoms with van der Waals surface area (Å²) in [5.41, 5.74) is 3.14. The summed E-state index contributed by atoms with van der Waals surface area (Å²) in [7, 11) is 0. The minimum atomic E-state index is -0.0647. The molecule has 1 amide bonds. The monoisotopic (exact) mass is 296 g/mol. The molecule has 0 atom stereocenters. The van der Waals surface area contributed by atoms with Crippen molar-refractivity contribution in [2.45, 2.75) is 0 Å². The number of anilines is 1. The molecule has 0 aromatic heterocycles. The molecule has 0 aliphatic carbocycles. The maximum atomic E-state index is 12.0. The predicted molar refractivity (Wildman–Crippen MR) is 84.7 cm³/mol. The van der Waals surface area contributed by atoms with Crippen molar-refractivity contribution in [2.75, 3.05) is 18.4 Å². The predicted octanol–water partition coefficient (Wildman–Crippen LogP) is 2.90. The summed E-state index contributed by atoms with van der Waals surface area (Å²) in [5.74, 6) is 6.15. The summed E-state index contributed by atoms with van der Waals surface area (Å²) >= 11 is 5.86. The highest BCUT2D eigenvalue weighted by Gasteiger charge is 2.16. The van der Waals surface area contributed by atoms with E-state index >= 15 is 0 Å². The minimum absolute atomic E-state index is 0.0647. The van der Waals surface area contributed by atoms with Gasteiger partial charge >= 0.3 is 0 Å². The largest absolute Gasteiger partial charge is 0.382 e. The quantitative estimate of drug-likeness (QED) is 0.734. The van der Waals surface area contributed by atoms with E-state index in [2.05, 4.69) is 22.5 Å². The number of para-hydroxylation sites is 1. The van der Waals surface area contributed by atoms with Crippen molar-refractivity contribution < 1.29 is 4.79 Å². The Bertz CT molecular complexity index is 742. The van der Waals surface area contributed by atoms with Gasteiger partial charge in [0.05, 0.1) is 11.3 Å². The molecule has 1 aliphatic heterocycles. The van der Waals surface area contributed by atoms with Crippen molar-refractivity contribution in [3.8, 4) is 11.8 Å². The lowest BCUT2D eigenvalue weighted by Crippen LogP contribution is -2.24. The molecule has 1 heterocycles. The van der Waals surface area contributed by atoms with Crippen molar-refractivity contribution in [3.05, 3.63) is 64.2 Å². The summed E-state index contributed by atoms with van der Waals surface area (Å²) in [6.07, 6.45) is 0. The highest BCUT2D eigenvalue weighted by Crippen LogP contribution is 2.22. The number of carbonyl (C=O) groups is 1. The summed E-state index contributed by atoms with van der Waals surface area (Å²) in [6.45, 7) is 1.30. The molecule has 3 nitrogen and oxygen atoms in total. The first-order valence-corrected chi connectivity index (χ1v) is 7.04. The van der Waals surface area contributed by atoms with Gasteiger partial charge in [-0.05, 0) is 36.4 Å². The lowest BCUT2D eigenvalue weighted by Gasteiger charge is -2.07. The van der Waals surface area contributed by atoms with Crippen LogP contribution in [0.5, 0.6) is 0 Å². The number of carbonyl (C=O) groups excluding carboxylic acids is 1. The maximum absolute atomic E-state index is 12.0. The maximum Gasteiger partial charge on any atom is 0.253 e. The fourth-order valence-corrected chi connectivity index (χ4v) is 2.29. The number of hydrogen-bond donors (Lipinski definition) is 2. The van der Waals surface area contributed by atoms with Gasteiger partial charge in [0.25, 0.3) is 5.91 Å². The Morgan fingerprint density at radius 1 is 0.952 bits per heavy atom. The Kier molecular flexibility index (Phi) is 3.81. The number of nitrogens with one attached hydrogen (secondary N) is 2. The first-order valence-electron chi connectivity index (χ1n) is 6.67. The zero-order valence-electron chi connectivity index (χ0n) is 11.2. The fourth-order valence-electron chi connectivity index (χ4n) is 2.17. The van der Waals surface area contributed by atoms with Crippen molar-refractivity contribution >= 4 is 23.2 Å². The molecule has 4 heteroatoms. The molecular weight excluding hydrogens is 284 g/mol. The van der Waals surface area contributed by atoms with Crippen LogP contribution in [-0.4, -0.2) is 19.0 Å². The normalized spacial score (nSPS) is 13.1. The van der Waals surface area contributed by atoms with E-state index < -0.39 is 0 Å². The SMILES string of the molecule is O=C1NCCNc2c(C#Cc3ccc(Cl)cc3)cccc21. The van der Waals surface area contributed by atoms with Crippen LogP contribution in [-0.2, 0) is 0 Å². The van der Waals surface area contributed by atoms with Crippen LogP contribution in [0.15, 0.2) is 42.5 Å². The molecule has 0 saturated heterocycles. The lowest BCUT2D eigenvalue weighted by atomic mass is 10.1. The van der Waals surface area contributed by atoms with Gasteiger partial charge in [-0.3, -0.25) is 4.79 Å². The van der Waals surface area contributed by atoms with Crippen LogP contribution in [0.2, 0.25) is 5.02 Å². The van der Waals surface area contributed by atoms with Crippen LogP contribution in [0.1, 0.15) is 21.5 Å². The zero-order valence-corrected chi connectivity index (χ0v) is 12.0. The van der Waals surface area contributed by atoms with Gasteiger partial charge < -0.3 is 10.6 Å². The molecule has 0 bridgehead atoms. The third kappa shape index (κ3) is 3.01. The van der Waals surface area contributed by atoms with Crippen molar-refractivity contribution in [1.82, 2.24) is 5.32 Å². The molecule has 0 saturated carbocycles. The molecule has 2 N–H and O–H groups in total. The summed E-state index contributed by atoms with van der Waals surface area (Å²) in [6, 6.07) is 12.9. The Hall–Kier alpha value is -2.44. The molecule has 0 radical (unpaired) electrons. The Morgan fingerprint density at radius 3 is 2.52 bits per heavy atom. The Labute approximate surface area is 128 Å². The Balaban J connectivity index is 1.99. The molecule has 2 aromatic carbocycles. The number of benzene rings is 2. The van der Waals surface area contributed by atoms with Gasteiger partial charge in [-0.15, -0.1) is 0 Å². The van der Waals surface area contributed by atoms with Gasteiger partial charge in [-0.1, -0.05) is 29.5 Å². The topological polar surface area (TPSA) is 41.1 Å². The van der Waals surface area contributed by atoms with Crippen molar-refractivity contribution in [3.63, 3.8) is 0 Å². The van der Waals surface area contributed by atoms with Gasteiger partial charge in [0, 0.05) is 29.2 Å². The van der Waals surface area contributed by atoms with E-state index in [9.17, 15) is 4.79 Å². The fraction of sp³-hybridized carbons (Fsp3) is 0.118. The van der Waals surface area contributed by atoms with Crippen LogP contribution in [0.4, 0.5) is 5.69 Å². The van der Waals surface area contributed by atoms with Gasteiger partial charge in [0.2, 0.25) is 0 Å². The Morgan fingerprint density at radius 2 is 1.71 bits per heavy atom. The highest BCUT2D eigenvalue weighted by molar-refractivity contribution is 6.30. The third-order valence-electron chi connectivity index (χ3n) is 3.21. The minimum Gasteiger partial charge on any atom is -0.382 e. The second-order valence-electron chi connectivity index (χ2n) is 4.67. The third-order valence-corrected chi connectivity index (χ3v) is 3.46. The molecule has 0 unspecified atom stereocenters. The summed E-state index contributed by atoms with van der Waals surface area (Å²) in [5, 5.41) is 6.79. The standard InChI is InChI=1S/C17H13ClN2O/c18-14-8-5-12(6-9-14)4-7-13-2-1-3-15-16(13)19-10-11-20-17(15)21/h1-3,5-6,8-9,19H,10-11H2,(H,20,21). The van der Waals surface area contributed by atoms with Gasteiger partial charge in [0.15, 0.2) is 0 Å². The number of hydrogen-bond acceptors (Lipinski definition) is 2. The summed E-state index contributed by atoms with van der Waals surface area (Å²) < 4.78 is 0. The van der Waals surface area contributed by atoms with Gasteiger partial charge in [-0.2, -0.15) is 0 Å². The van der Waals surface area contributed by atoms with Crippen LogP contribution >= 0.6 is 11.6 Å². The average molecular weight is 297 g/mol. The van der Waals surface area contributed by atoms with E-state index in [4.69, 9.17) is 11.6 Å². The van der Waals surface area contributed by atoms with Crippen LogP contribution < -0.4 is 10.6 Å². The highest BCUT2D eigenvalue weighted by atomic mass is 35.5. The van der Waals surface area contributed by atoms with Crippen LogP contribution in [0.25, 0.3) is 0 Å². The second kappa shape index (κ2) is 5.90. The molecule has 2 aromatic rings. The van der Waals surface area contributed by atoms with E-state index in [1.54, 1.807) is 6.07 Å². The van der Waals surface area contributed by atoms with Crippen molar-refractivity contribution in [2.24, 2.45) is 0 Å². The summed E-state index contributed by atoms with van der Waals surface area (Å²) in [4.78, 5) is 12.0. The molecule has 1 aliphatic rings. The van der Waals surface area contributed by atoms with Gasteiger partial charge in [-0.25, -0.2) is 0 Å². The van der Waals surface area contributed by atoms with E-state index in [1.807, 2.05) is 36.4 Å². The second-order valence-corrected chi connectivity index (χ2v) is 5.10. The first-order chi connectivity index (χ1) is 10.2. The number of halogens is 1. The number of fused-ring (bicyclic) bond motifs is 1. The average Bonchev–Trinajstić information content (AvgIpc) is 2.69. The number of rotatable bonds is 0. The lowest BCUT2D eigenvalue weighted by molar-refractivity contribution is 0.0958. The molecule has 0 fully saturated rings. The molecular formula is C17H13ClN2O. The van der Waals surface area contributed by atoms with Crippen LogP contribution in [0, 0.1) is 11.8 Å². The van der Waals surface area contributed by atoms with Crippen LogP contribution in [0.3, 0.4) is 0 Å². The van der Waals surface area contributed by atoms with Crippen molar-refractivity contribution in [1.29, 1.82) is 0 Å². The van der Waals surface area contributed by atoms with E-state index in [0.29, 0.717) is 23.7 Å². The zero-order chi connectivity index (χ0) is 14.7. The molecule has 0 spiro atoms. The molecule has 21 heavy (non-hydrogen) atoms.